The third-order valence-corrected chi connectivity index (χ3v) is 4.36. The van der Waals surface area contributed by atoms with Crippen LogP contribution in [-0.4, -0.2) is 31.5 Å². The van der Waals surface area contributed by atoms with Crippen LogP contribution in [0.25, 0.3) is 0 Å². The van der Waals surface area contributed by atoms with Crippen LogP contribution in [0, 0.1) is 13.8 Å². The van der Waals surface area contributed by atoms with Crippen molar-refractivity contribution in [3.8, 4) is 5.75 Å². The highest BCUT2D eigenvalue weighted by Gasteiger charge is 2.41. The molecule has 1 aromatic carbocycles. The van der Waals surface area contributed by atoms with Gasteiger partial charge in [0.2, 0.25) is 0 Å². The van der Waals surface area contributed by atoms with Crippen molar-refractivity contribution in [1.29, 1.82) is 0 Å². The lowest BCUT2D eigenvalue weighted by molar-refractivity contribution is -0.112. The molecule has 0 saturated carbocycles. The maximum Gasteiger partial charge on any atom is 0.122 e. The van der Waals surface area contributed by atoms with Gasteiger partial charge in [0.25, 0.3) is 0 Å². The summed E-state index contributed by atoms with van der Waals surface area (Å²) in [5, 5.41) is 0. The summed E-state index contributed by atoms with van der Waals surface area (Å²) < 4.78 is 17.7. The predicted molar refractivity (Wildman–Crippen MR) is 73.7 cm³/mol. The second kappa shape index (κ2) is 5.14. The molecule has 0 aromatic heterocycles. The van der Waals surface area contributed by atoms with E-state index < -0.39 is 0 Å². The Kier molecular flexibility index (Phi) is 3.50. The summed E-state index contributed by atoms with van der Waals surface area (Å²) >= 11 is 0. The first-order valence-corrected chi connectivity index (χ1v) is 7.13. The minimum absolute atomic E-state index is 0.0827. The Morgan fingerprint density at radius 3 is 2.95 bits per heavy atom. The van der Waals surface area contributed by atoms with Crippen LogP contribution in [0.5, 0.6) is 5.75 Å². The van der Waals surface area contributed by atoms with E-state index in [-0.39, 0.29) is 11.7 Å². The van der Waals surface area contributed by atoms with Crippen LogP contribution >= 0.6 is 0 Å². The van der Waals surface area contributed by atoms with E-state index in [4.69, 9.17) is 14.2 Å². The van der Waals surface area contributed by atoms with Gasteiger partial charge < -0.3 is 14.2 Å². The van der Waals surface area contributed by atoms with E-state index in [1.165, 1.54) is 11.1 Å². The summed E-state index contributed by atoms with van der Waals surface area (Å²) in [6, 6.07) is 6.25. The van der Waals surface area contributed by atoms with E-state index >= 15 is 0 Å². The predicted octanol–water partition coefficient (Wildman–Crippen LogP) is 3.02. The van der Waals surface area contributed by atoms with Crippen molar-refractivity contribution in [3.63, 3.8) is 0 Å². The average Bonchev–Trinajstić information content (AvgIpc) is 2.83. The molecule has 0 aliphatic carbocycles. The van der Waals surface area contributed by atoms with Crippen LogP contribution in [-0.2, 0) is 9.47 Å². The molecule has 2 unspecified atom stereocenters. The van der Waals surface area contributed by atoms with Crippen LogP contribution < -0.4 is 4.74 Å². The molecule has 2 atom stereocenters. The lowest BCUT2D eigenvalue weighted by Crippen LogP contribution is -2.44. The monoisotopic (exact) mass is 262 g/mol. The molecular weight excluding hydrogens is 240 g/mol. The Morgan fingerprint density at radius 2 is 2.16 bits per heavy atom. The minimum Gasteiger partial charge on any atom is -0.490 e. The smallest absolute Gasteiger partial charge is 0.122 e. The maximum atomic E-state index is 6.22. The topological polar surface area (TPSA) is 27.7 Å². The molecule has 0 radical (unpaired) electrons. The molecule has 0 bridgehead atoms. The summed E-state index contributed by atoms with van der Waals surface area (Å²) in [7, 11) is 0. The molecule has 19 heavy (non-hydrogen) atoms. The average molecular weight is 262 g/mol. The third-order valence-electron chi connectivity index (χ3n) is 4.36. The number of hydrogen-bond acceptors (Lipinski definition) is 3. The summed E-state index contributed by atoms with van der Waals surface area (Å²) in [5.41, 5.74) is 2.44. The lowest BCUT2D eigenvalue weighted by atomic mass is 9.91. The van der Waals surface area contributed by atoms with Crippen molar-refractivity contribution >= 4 is 0 Å². The van der Waals surface area contributed by atoms with Gasteiger partial charge in [-0.25, -0.2) is 0 Å². The number of hydrogen-bond donors (Lipinski definition) is 0. The van der Waals surface area contributed by atoms with Crippen molar-refractivity contribution in [3.05, 3.63) is 29.3 Å². The molecule has 3 heteroatoms. The molecule has 1 aromatic rings. The molecule has 0 amide bonds. The van der Waals surface area contributed by atoms with Crippen molar-refractivity contribution in [2.75, 3.05) is 19.8 Å². The number of aryl methyl sites for hydroxylation is 1. The SMILES string of the molecule is Cc1cccc(OC2CCOC3(CCOC3)C2)c1C. The summed E-state index contributed by atoms with van der Waals surface area (Å²) in [6.45, 7) is 6.56. The fourth-order valence-corrected chi connectivity index (χ4v) is 2.98. The molecule has 2 fully saturated rings. The first-order valence-electron chi connectivity index (χ1n) is 7.13. The van der Waals surface area contributed by atoms with E-state index in [0.29, 0.717) is 0 Å². The van der Waals surface area contributed by atoms with Crippen molar-refractivity contribution < 1.29 is 14.2 Å². The fraction of sp³-hybridized carbons (Fsp3) is 0.625. The highest BCUT2D eigenvalue weighted by molar-refractivity contribution is 5.38. The first-order chi connectivity index (χ1) is 9.19. The molecule has 3 nitrogen and oxygen atoms in total. The van der Waals surface area contributed by atoms with Gasteiger partial charge >= 0.3 is 0 Å². The molecule has 3 rings (SSSR count). The Morgan fingerprint density at radius 1 is 1.26 bits per heavy atom. The van der Waals surface area contributed by atoms with Gasteiger partial charge in [0, 0.05) is 25.9 Å². The molecule has 2 heterocycles. The summed E-state index contributed by atoms with van der Waals surface area (Å²) in [4.78, 5) is 0. The first kappa shape index (κ1) is 12.9. The van der Waals surface area contributed by atoms with Gasteiger partial charge in [0.05, 0.1) is 18.8 Å². The molecule has 2 saturated heterocycles. The standard InChI is InChI=1S/C16H22O3/c1-12-4-3-5-15(13(12)2)19-14-6-8-18-16(10-14)7-9-17-11-16/h3-5,14H,6-11H2,1-2H3. The zero-order valence-electron chi connectivity index (χ0n) is 11.8. The highest BCUT2D eigenvalue weighted by atomic mass is 16.6. The second-order valence-electron chi connectivity index (χ2n) is 5.76. The van der Waals surface area contributed by atoms with Crippen LogP contribution in [0.1, 0.15) is 30.4 Å². The maximum absolute atomic E-state index is 6.22. The van der Waals surface area contributed by atoms with Gasteiger partial charge in [-0.3, -0.25) is 0 Å². The zero-order valence-corrected chi connectivity index (χ0v) is 11.8. The zero-order chi connectivity index (χ0) is 13.3. The van der Waals surface area contributed by atoms with Crippen molar-refractivity contribution in [1.82, 2.24) is 0 Å². The van der Waals surface area contributed by atoms with Crippen molar-refractivity contribution in [2.45, 2.75) is 44.8 Å². The van der Waals surface area contributed by atoms with Gasteiger partial charge in [0.15, 0.2) is 0 Å². The van der Waals surface area contributed by atoms with E-state index in [1.54, 1.807) is 0 Å². The van der Waals surface area contributed by atoms with Gasteiger partial charge in [-0.15, -0.1) is 0 Å². The summed E-state index contributed by atoms with van der Waals surface area (Å²) in [6.07, 6.45) is 3.16. The molecular formula is C16H22O3. The molecule has 2 aliphatic rings. The minimum atomic E-state index is -0.0827. The highest BCUT2D eigenvalue weighted by Crippen LogP contribution is 2.35. The fourth-order valence-electron chi connectivity index (χ4n) is 2.98. The number of ether oxygens (including phenoxy) is 3. The molecule has 104 valence electrons. The Balaban J connectivity index is 1.71. The second-order valence-corrected chi connectivity index (χ2v) is 5.76. The van der Waals surface area contributed by atoms with Gasteiger partial charge in [0.1, 0.15) is 11.9 Å². The third kappa shape index (κ3) is 2.63. The van der Waals surface area contributed by atoms with Gasteiger partial charge in [-0.1, -0.05) is 12.1 Å². The van der Waals surface area contributed by atoms with Crippen molar-refractivity contribution in [2.24, 2.45) is 0 Å². The lowest BCUT2D eigenvalue weighted by Gasteiger charge is -2.37. The van der Waals surface area contributed by atoms with Crippen LogP contribution in [0.4, 0.5) is 0 Å². The molecule has 1 spiro atoms. The summed E-state index contributed by atoms with van der Waals surface area (Å²) in [5.74, 6) is 1.01. The van der Waals surface area contributed by atoms with Gasteiger partial charge in [-0.2, -0.15) is 0 Å². The quantitative estimate of drug-likeness (QED) is 0.820. The van der Waals surface area contributed by atoms with E-state index in [2.05, 4.69) is 32.0 Å². The van der Waals surface area contributed by atoms with Crippen LogP contribution in [0.2, 0.25) is 0 Å². The van der Waals surface area contributed by atoms with Crippen LogP contribution in [0.15, 0.2) is 18.2 Å². The number of benzene rings is 1. The molecule has 2 aliphatic heterocycles. The van der Waals surface area contributed by atoms with E-state index in [0.717, 1.165) is 44.8 Å². The molecule has 0 N–H and O–H groups in total. The largest absolute Gasteiger partial charge is 0.490 e. The number of rotatable bonds is 2. The van der Waals surface area contributed by atoms with E-state index in [1.807, 2.05) is 0 Å². The van der Waals surface area contributed by atoms with Crippen LogP contribution in [0.3, 0.4) is 0 Å². The van der Waals surface area contributed by atoms with E-state index in [9.17, 15) is 0 Å². The van der Waals surface area contributed by atoms with Gasteiger partial charge in [-0.05, 0) is 31.0 Å². The normalized spacial score (nSPS) is 30.7. The Labute approximate surface area is 114 Å². The Bertz CT molecular complexity index is 449. The Hall–Kier alpha value is -1.06.